The lowest BCUT2D eigenvalue weighted by molar-refractivity contribution is 0.102. The van der Waals surface area contributed by atoms with Crippen molar-refractivity contribution in [3.05, 3.63) is 35.9 Å². The molecule has 0 fully saturated rings. The highest BCUT2D eigenvalue weighted by Crippen LogP contribution is 2.03. The molecule has 2 rings (SSSR count). The van der Waals surface area contributed by atoms with Crippen LogP contribution < -0.4 is 5.32 Å². The van der Waals surface area contributed by atoms with E-state index in [4.69, 9.17) is 5.11 Å². The zero-order valence-electron chi connectivity index (χ0n) is 10.2. The second-order valence-corrected chi connectivity index (χ2v) is 3.55. The lowest BCUT2D eigenvalue weighted by Crippen LogP contribution is -2.16. The number of aromatic nitrogens is 4. The summed E-state index contributed by atoms with van der Waals surface area (Å²) in [4.78, 5) is 19.7. The minimum absolute atomic E-state index is 0.214. The third-order valence-corrected chi connectivity index (χ3v) is 2.24. The third-order valence-electron chi connectivity index (χ3n) is 2.24. The van der Waals surface area contributed by atoms with Gasteiger partial charge in [0.2, 0.25) is 5.95 Å². The molecule has 2 N–H and O–H groups in total. The molecule has 0 radical (unpaired) electrons. The van der Waals surface area contributed by atoms with Gasteiger partial charge in [-0.1, -0.05) is 11.8 Å². The summed E-state index contributed by atoms with van der Waals surface area (Å²) in [6.07, 6.45) is 2.81. The van der Waals surface area contributed by atoms with Gasteiger partial charge in [-0.2, -0.15) is 10.1 Å². The van der Waals surface area contributed by atoms with Crippen molar-refractivity contribution in [2.24, 2.45) is 7.05 Å². The maximum absolute atomic E-state index is 11.9. The van der Waals surface area contributed by atoms with Crippen LogP contribution in [0.1, 0.15) is 16.1 Å². The number of nitrogens with one attached hydrogen (secondary N) is 1. The van der Waals surface area contributed by atoms with E-state index in [1.54, 1.807) is 19.2 Å². The Morgan fingerprint density at radius 1 is 1.47 bits per heavy atom. The molecule has 7 nitrogen and oxygen atoms in total. The lowest BCUT2D eigenvalue weighted by Gasteiger charge is -2.02. The molecule has 0 atom stereocenters. The van der Waals surface area contributed by atoms with Gasteiger partial charge >= 0.3 is 0 Å². The molecule has 0 aliphatic heterocycles. The molecule has 19 heavy (non-hydrogen) atoms. The summed E-state index contributed by atoms with van der Waals surface area (Å²) in [5.41, 5.74) is 0.877. The summed E-state index contributed by atoms with van der Waals surface area (Å²) in [6.45, 7) is -0.214. The van der Waals surface area contributed by atoms with Gasteiger partial charge in [0.25, 0.3) is 5.91 Å². The third kappa shape index (κ3) is 3.14. The Bertz CT molecular complexity index is 636. The Morgan fingerprint density at radius 2 is 2.32 bits per heavy atom. The lowest BCUT2D eigenvalue weighted by atomic mass is 10.2. The highest BCUT2D eigenvalue weighted by Gasteiger charge is 2.10. The van der Waals surface area contributed by atoms with Crippen molar-refractivity contribution >= 4 is 11.9 Å². The molecule has 2 heterocycles. The molecule has 0 saturated carbocycles. The fourth-order valence-electron chi connectivity index (χ4n) is 1.32. The van der Waals surface area contributed by atoms with E-state index >= 15 is 0 Å². The van der Waals surface area contributed by atoms with E-state index in [2.05, 4.69) is 32.2 Å². The zero-order valence-corrected chi connectivity index (χ0v) is 10.2. The van der Waals surface area contributed by atoms with Crippen molar-refractivity contribution in [2.75, 3.05) is 11.9 Å². The molecule has 0 unspecified atom stereocenters. The molecule has 1 amide bonds. The number of carbonyl (C=O) groups excluding carboxylic acids is 1. The summed E-state index contributed by atoms with van der Waals surface area (Å²) >= 11 is 0. The van der Waals surface area contributed by atoms with E-state index < -0.39 is 0 Å². The van der Waals surface area contributed by atoms with Crippen molar-refractivity contribution in [2.45, 2.75) is 0 Å². The first-order chi connectivity index (χ1) is 9.20. The SMILES string of the molecule is Cn1ncnc1NC(=O)c1ccc(C#CCO)cn1. The van der Waals surface area contributed by atoms with Gasteiger partial charge in [-0.3, -0.25) is 10.1 Å². The van der Waals surface area contributed by atoms with Crippen LogP contribution in [-0.2, 0) is 7.05 Å². The number of amides is 1. The highest BCUT2D eigenvalue weighted by atomic mass is 16.2. The van der Waals surface area contributed by atoms with Crippen LogP contribution in [0.2, 0.25) is 0 Å². The minimum Gasteiger partial charge on any atom is -0.384 e. The molecule has 0 aromatic carbocycles. The predicted octanol–water partition coefficient (Wildman–Crippen LogP) is -0.194. The number of nitrogens with zero attached hydrogens (tertiary/aromatic N) is 4. The van der Waals surface area contributed by atoms with E-state index in [1.165, 1.54) is 17.2 Å². The number of rotatable bonds is 2. The number of aliphatic hydroxyl groups is 1. The average molecular weight is 257 g/mol. The zero-order chi connectivity index (χ0) is 13.7. The van der Waals surface area contributed by atoms with E-state index in [-0.39, 0.29) is 18.2 Å². The predicted molar refractivity (Wildman–Crippen MR) is 67.2 cm³/mol. The van der Waals surface area contributed by atoms with Gasteiger partial charge < -0.3 is 5.11 Å². The fourth-order valence-corrected chi connectivity index (χ4v) is 1.32. The number of hydrogen-bond acceptors (Lipinski definition) is 5. The second-order valence-electron chi connectivity index (χ2n) is 3.55. The van der Waals surface area contributed by atoms with Crippen molar-refractivity contribution in [1.29, 1.82) is 0 Å². The van der Waals surface area contributed by atoms with Crippen LogP contribution in [0.25, 0.3) is 0 Å². The maximum Gasteiger partial charge on any atom is 0.276 e. The fraction of sp³-hybridized carbons (Fsp3) is 0.167. The molecule has 96 valence electrons. The van der Waals surface area contributed by atoms with Crippen LogP contribution >= 0.6 is 0 Å². The minimum atomic E-state index is -0.377. The van der Waals surface area contributed by atoms with Crippen molar-refractivity contribution in [3.63, 3.8) is 0 Å². The molecule has 0 aliphatic carbocycles. The number of aliphatic hydroxyl groups excluding tert-OH is 1. The number of pyridine rings is 1. The summed E-state index contributed by atoms with van der Waals surface area (Å²) in [7, 11) is 1.67. The van der Waals surface area contributed by atoms with Gasteiger partial charge in [0.05, 0.1) is 0 Å². The van der Waals surface area contributed by atoms with E-state index in [0.717, 1.165) is 0 Å². The molecular formula is C12H11N5O2. The van der Waals surface area contributed by atoms with E-state index in [9.17, 15) is 4.79 Å². The molecule has 0 spiro atoms. The Balaban J connectivity index is 2.10. The monoisotopic (exact) mass is 257 g/mol. The van der Waals surface area contributed by atoms with Crippen LogP contribution in [0.5, 0.6) is 0 Å². The topological polar surface area (TPSA) is 92.9 Å². The first kappa shape index (κ1) is 12.7. The Kier molecular flexibility index (Phi) is 3.85. The molecule has 0 bridgehead atoms. The van der Waals surface area contributed by atoms with Crippen LogP contribution in [-0.4, -0.2) is 37.4 Å². The number of hydrogen-bond donors (Lipinski definition) is 2. The van der Waals surface area contributed by atoms with Crippen LogP contribution in [0, 0.1) is 11.8 Å². The average Bonchev–Trinajstić information content (AvgIpc) is 2.82. The molecule has 0 aliphatic rings. The molecular weight excluding hydrogens is 246 g/mol. The highest BCUT2D eigenvalue weighted by molar-refractivity contribution is 6.01. The number of carbonyl (C=O) groups is 1. The van der Waals surface area contributed by atoms with Gasteiger partial charge in [-0.15, -0.1) is 0 Å². The molecule has 2 aromatic rings. The van der Waals surface area contributed by atoms with Crippen LogP contribution in [0.15, 0.2) is 24.7 Å². The van der Waals surface area contributed by atoms with Gasteiger partial charge in [0.1, 0.15) is 18.6 Å². The quantitative estimate of drug-likeness (QED) is 0.727. The molecule has 2 aromatic heterocycles. The smallest absolute Gasteiger partial charge is 0.276 e. The second kappa shape index (κ2) is 5.75. The standard InChI is InChI=1S/C12H11N5O2/c1-17-12(14-8-15-17)16-11(19)10-5-4-9(7-13-10)3-2-6-18/h4-5,7-8,18H,6H2,1H3,(H,14,15,16,19). The van der Waals surface area contributed by atoms with Gasteiger partial charge in [0, 0.05) is 18.8 Å². The van der Waals surface area contributed by atoms with Crippen LogP contribution in [0.3, 0.4) is 0 Å². The van der Waals surface area contributed by atoms with Crippen molar-refractivity contribution in [1.82, 2.24) is 19.7 Å². The maximum atomic E-state index is 11.9. The normalized spacial score (nSPS) is 9.58. The summed E-state index contributed by atoms with van der Waals surface area (Å²) in [5.74, 6) is 5.16. The summed E-state index contributed by atoms with van der Waals surface area (Å²) < 4.78 is 1.44. The summed E-state index contributed by atoms with van der Waals surface area (Å²) in [5, 5.41) is 15.0. The van der Waals surface area contributed by atoms with Crippen LogP contribution in [0.4, 0.5) is 5.95 Å². The Labute approximate surface area is 109 Å². The molecule has 0 saturated heterocycles. The van der Waals surface area contributed by atoms with Gasteiger partial charge in [-0.25, -0.2) is 9.67 Å². The first-order valence-corrected chi connectivity index (χ1v) is 5.42. The largest absolute Gasteiger partial charge is 0.384 e. The number of aryl methyl sites for hydroxylation is 1. The van der Waals surface area contributed by atoms with Crippen molar-refractivity contribution < 1.29 is 9.90 Å². The summed E-state index contributed by atoms with van der Waals surface area (Å²) in [6, 6.07) is 3.20. The van der Waals surface area contributed by atoms with E-state index in [1.807, 2.05) is 0 Å². The Morgan fingerprint density at radius 3 is 2.89 bits per heavy atom. The van der Waals surface area contributed by atoms with Gasteiger partial charge in [-0.05, 0) is 12.1 Å². The first-order valence-electron chi connectivity index (χ1n) is 5.42. The number of anilines is 1. The van der Waals surface area contributed by atoms with Crippen molar-refractivity contribution in [3.8, 4) is 11.8 Å². The molecule has 7 heteroatoms. The van der Waals surface area contributed by atoms with E-state index in [0.29, 0.717) is 11.5 Å². The Hall–Kier alpha value is -2.72. The van der Waals surface area contributed by atoms with Gasteiger partial charge in [0.15, 0.2) is 0 Å².